The second-order valence-corrected chi connectivity index (χ2v) is 6.39. The van der Waals surface area contributed by atoms with E-state index in [1.54, 1.807) is 7.11 Å². The van der Waals surface area contributed by atoms with Crippen molar-refractivity contribution < 1.29 is 9.53 Å². The third-order valence-electron chi connectivity index (χ3n) is 4.70. The molecule has 0 amide bonds. The van der Waals surface area contributed by atoms with Crippen LogP contribution >= 0.6 is 11.6 Å². The number of rotatable bonds is 6. The average Bonchev–Trinajstić information content (AvgIpc) is 2.79. The summed E-state index contributed by atoms with van der Waals surface area (Å²) in [7, 11) is 1.62. The van der Waals surface area contributed by atoms with Crippen LogP contribution in [0.4, 0.5) is 0 Å². The Kier molecular flexibility index (Phi) is 5.62. The first kappa shape index (κ1) is 15.5. The summed E-state index contributed by atoms with van der Waals surface area (Å²) in [4.78, 5) is 11.0. The van der Waals surface area contributed by atoms with Crippen LogP contribution in [0.5, 0.6) is 0 Å². The zero-order chi connectivity index (χ0) is 14.5. The summed E-state index contributed by atoms with van der Waals surface area (Å²) in [6, 6.07) is 8.12. The number of benzene rings is 1. The van der Waals surface area contributed by atoms with E-state index in [0.717, 1.165) is 24.2 Å². The molecule has 0 N–H and O–H groups in total. The molecular formula is C17H23ClO2. The van der Waals surface area contributed by atoms with Crippen molar-refractivity contribution >= 4 is 17.9 Å². The van der Waals surface area contributed by atoms with Crippen LogP contribution in [0.15, 0.2) is 24.3 Å². The van der Waals surface area contributed by atoms with Crippen molar-refractivity contribution in [1.82, 2.24) is 0 Å². The van der Waals surface area contributed by atoms with E-state index in [4.69, 9.17) is 16.3 Å². The molecular weight excluding hydrogens is 272 g/mol. The SMILES string of the molecule is CO[C@@H](C=O)CC1C(C)CCC1Cc1ccc(Cl)cc1. The molecule has 0 heterocycles. The first-order valence-corrected chi connectivity index (χ1v) is 7.74. The van der Waals surface area contributed by atoms with E-state index in [9.17, 15) is 4.79 Å². The maximum absolute atomic E-state index is 11.0. The third-order valence-corrected chi connectivity index (χ3v) is 4.95. The summed E-state index contributed by atoms with van der Waals surface area (Å²) in [5.41, 5.74) is 1.33. The Hall–Kier alpha value is -0.860. The standard InChI is InChI=1S/C17H23ClO2/c1-12-3-6-14(17(12)10-16(11-19)20-2)9-13-4-7-15(18)8-5-13/h4-5,7-8,11-12,14,16-17H,3,6,9-10H2,1-2H3/t12?,14?,16-,17?/m1/s1. The molecule has 0 bridgehead atoms. The zero-order valence-corrected chi connectivity index (χ0v) is 13.0. The number of ether oxygens (including phenoxy) is 1. The summed E-state index contributed by atoms with van der Waals surface area (Å²) >= 11 is 5.93. The van der Waals surface area contributed by atoms with Crippen LogP contribution < -0.4 is 0 Å². The molecule has 1 aliphatic rings. The van der Waals surface area contributed by atoms with E-state index in [0.29, 0.717) is 17.8 Å². The van der Waals surface area contributed by atoms with Gasteiger partial charge in [0.15, 0.2) is 0 Å². The van der Waals surface area contributed by atoms with E-state index in [1.807, 2.05) is 12.1 Å². The van der Waals surface area contributed by atoms with Crippen molar-refractivity contribution in [2.24, 2.45) is 17.8 Å². The minimum absolute atomic E-state index is 0.256. The molecule has 4 atom stereocenters. The highest BCUT2D eigenvalue weighted by Crippen LogP contribution is 2.41. The topological polar surface area (TPSA) is 26.3 Å². The molecule has 1 aromatic rings. The number of methoxy groups -OCH3 is 1. The average molecular weight is 295 g/mol. The van der Waals surface area contributed by atoms with Gasteiger partial charge in [0.25, 0.3) is 0 Å². The predicted molar refractivity (Wildman–Crippen MR) is 82.0 cm³/mol. The van der Waals surface area contributed by atoms with Crippen molar-refractivity contribution in [3.8, 4) is 0 Å². The molecule has 2 nitrogen and oxygen atoms in total. The smallest absolute Gasteiger partial charge is 0.148 e. The van der Waals surface area contributed by atoms with E-state index in [1.165, 1.54) is 18.4 Å². The fourth-order valence-electron chi connectivity index (χ4n) is 3.45. The fourth-order valence-corrected chi connectivity index (χ4v) is 3.57. The van der Waals surface area contributed by atoms with Crippen molar-refractivity contribution in [3.63, 3.8) is 0 Å². The molecule has 0 aromatic heterocycles. The summed E-state index contributed by atoms with van der Waals surface area (Å²) in [5, 5.41) is 0.783. The minimum Gasteiger partial charge on any atom is -0.374 e. The van der Waals surface area contributed by atoms with E-state index < -0.39 is 0 Å². The van der Waals surface area contributed by atoms with E-state index in [2.05, 4.69) is 19.1 Å². The van der Waals surface area contributed by atoms with Gasteiger partial charge in [-0.3, -0.25) is 0 Å². The second-order valence-electron chi connectivity index (χ2n) is 5.96. The van der Waals surface area contributed by atoms with Crippen LogP contribution in [0, 0.1) is 17.8 Å². The quantitative estimate of drug-likeness (QED) is 0.737. The monoisotopic (exact) mass is 294 g/mol. The first-order chi connectivity index (χ1) is 9.63. The highest BCUT2D eigenvalue weighted by Gasteiger charge is 2.34. The largest absolute Gasteiger partial charge is 0.374 e. The van der Waals surface area contributed by atoms with Gasteiger partial charge in [0.05, 0.1) is 0 Å². The molecule has 1 aliphatic carbocycles. The lowest BCUT2D eigenvalue weighted by Crippen LogP contribution is -2.24. The van der Waals surface area contributed by atoms with Gasteiger partial charge in [-0.1, -0.05) is 37.1 Å². The van der Waals surface area contributed by atoms with Gasteiger partial charge in [-0.2, -0.15) is 0 Å². The zero-order valence-electron chi connectivity index (χ0n) is 12.2. The molecule has 3 unspecified atom stereocenters. The molecule has 110 valence electrons. The van der Waals surface area contributed by atoms with Gasteiger partial charge in [0, 0.05) is 12.1 Å². The lowest BCUT2D eigenvalue weighted by molar-refractivity contribution is -0.117. The summed E-state index contributed by atoms with van der Waals surface area (Å²) in [5.74, 6) is 1.88. The summed E-state index contributed by atoms with van der Waals surface area (Å²) < 4.78 is 5.24. The number of carbonyl (C=O) groups excluding carboxylic acids is 1. The normalized spacial score (nSPS) is 27.4. The van der Waals surface area contributed by atoms with Gasteiger partial charge in [-0.25, -0.2) is 0 Å². The summed E-state index contributed by atoms with van der Waals surface area (Å²) in [6.45, 7) is 2.30. The predicted octanol–water partition coefficient (Wildman–Crippen LogP) is 4.15. The molecule has 3 heteroatoms. The lowest BCUT2D eigenvalue weighted by Gasteiger charge is -2.25. The molecule has 0 aliphatic heterocycles. The number of carbonyl (C=O) groups is 1. The number of aldehydes is 1. The lowest BCUT2D eigenvalue weighted by atomic mass is 9.82. The Morgan fingerprint density at radius 3 is 2.65 bits per heavy atom. The molecule has 0 spiro atoms. The summed E-state index contributed by atoms with van der Waals surface area (Å²) in [6.07, 6.45) is 5.08. The Morgan fingerprint density at radius 2 is 2.05 bits per heavy atom. The van der Waals surface area contributed by atoms with Gasteiger partial charge in [0.1, 0.15) is 12.4 Å². The molecule has 0 saturated heterocycles. The van der Waals surface area contributed by atoms with Crippen LogP contribution in [0.2, 0.25) is 5.02 Å². The fraction of sp³-hybridized carbons (Fsp3) is 0.588. The van der Waals surface area contributed by atoms with Crippen molar-refractivity contribution in [1.29, 1.82) is 0 Å². The van der Waals surface area contributed by atoms with Gasteiger partial charge in [-0.05, 0) is 54.7 Å². The van der Waals surface area contributed by atoms with Crippen LogP contribution in [-0.4, -0.2) is 19.5 Å². The van der Waals surface area contributed by atoms with Crippen LogP contribution in [0.1, 0.15) is 31.7 Å². The first-order valence-electron chi connectivity index (χ1n) is 7.36. The van der Waals surface area contributed by atoms with Gasteiger partial charge < -0.3 is 9.53 Å². The van der Waals surface area contributed by atoms with E-state index in [-0.39, 0.29) is 6.10 Å². The van der Waals surface area contributed by atoms with Crippen molar-refractivity contribution in [2.45, 2.75) is 38.7 Å². The molecule has 1 aromatic carbocycles. The van der Waals surface area contributed by atoms with Crippen LogP contribution in [0.3, 0.4) is 0 Å². The minimum atomic E-state index is -0.256. The van der Waals surface area contributed by atoms with Crippen LogP contribution in [-0.2, 0) is 16.0 Å². The molecule has 20 heavy (non-hydrogen) atoms. The number of hydrogen-bond donors (Lipinski definition) is 0. The highest BCUT2D eigenvalue weighted by molar-refractivity contribution is 6.30. The Morgan fingerprint density at radius 1 is 1.35 bits per heavy atom. The molecule has 0 radical (unpaired) electrons. The van der Waals surface area contributed by atoms with E-state index >= 15 is 0 Å². The Bertz CT molecular complexity index is 429. The second kappa shape index (κ2) is 7.24. The number of hydrogen-bond acceptors (Lipinski definition) is 2. The van der Waals surface area contributed by atoms with Gasteiger partial charge >= 0.3 is 0 Å². The van der Waals surface area contributed by atoms with Crippen molar-refractivity contribution in [3.05, 3.63) is 34.9 Å². The maximum atomic E-state index is 11.0. The molecule has 1 fully saturated rings. The maximum Gasteiger partial charge on any atom is 0.148 e. The van der Waals surface area contributed by atoms with Crippen LogP contribution in [0.25, 0.3) is 0 Å². The highest BCUT2D eigenvalue weighted by atomic mass is 35.5. The number of halogens is 1. The van der Waals surface area contributed by atoms with Gasteiger partial charge in [0.2, 0.25) is 0 Å². The van der Waals surface area contributed by atoms with Crippen molar-refractivity contribution in [2.75, 3.05) is 7.11 Å². The molecule has 2 rings (SSSR count). The Balaban J connectivity index is 2.01. The third kappa shape index (κ3) is 3.83. The van der Waals surface area contributed by atoms with Gasteiger partial charge in [-0.15, -0.1) is 0 Å². The molecule has 1 saturated carbocycles. The Labute approximate surface area is 126 Å².